The molecule has 1 aliphatic rings. The lowest BCUT2D eigenvalue weighted by atomic mass is 10.1. The minimum absolute atomic E-state index is 0.125. The van der Waals surface area contributed by atoms with Gasteiger partial charge in [-0.05, 0) is 36.3 Å². The smallest absolute Gasteiger partial charge is 0.266 e. The van der Waals surface area contributed by atoms with Gasteiger partial charge >= 0.3 is 0 Å². The third-order valence-corrected chi connectivity index (χ3v) is 9.35. The van der Waals surface area contributed by atoms with Crippen molar-refractivity contribution < 1.29 is 13.2 Å². The Bertz CT molecular complexity index is 1440. The number of nitrogens with zero attached hydrogens (tertiary/aromatic N) is 4. The molecule has 1 aliphatic heterocycles. The molecule has 0 N–H and O–H groups in total. The highest BCUT2D eigenvalue weighted by Crippen LogP contribution is 2.35. The van der Waals surface area contributed by atoms with E-state index in [1.807, 2.05) is 70.3 Å². The highest BCUT2D eigenvalue weighted by atomic mass is 32.2. The van der Waals surface area contributed by atoms with Gasteiger partial charge in [0.15, 0.2) is 0 Å². The zero-order valence-corrected chi connectivity index (χ0v) is 23.7. The Morgan fingerprint density at radius 1 is 1.08 bits per heavy atom. The molecular formula is C27H30N4O3S3. The van der Waals surface area contributed by atoms with E-state index in [0.29, 0.717) is 45.7 Å². The van der Waals surface area contributed by atoms with Gasteiger partial charge in [0.1, 0.15) is 10.0 Å². The van der Waals surface area contributed by atoms with Gasteiger partial charge < -0.3 is 0 Å². The lowest BCUT2D eigenvalue weighted by Crippen LogP contribution is -2.31. The van der Waals surface area contributed by atoms with E-state index in [2.05, 4.69) is 0 Å². The first-order chi connectivity index (χ1) is 17.6. The van der Waals surface area contributed by atoms with Crippen LogP contribution < -0.4 is 0 Å². The first kappa shape index (κ1) is 27.3. The molecule has 0 spiro atoms. The summed E-state index contributed by atoms with van der Waals surface area (Å²) in [5, 5.41) is 4.81. The average molecular weight is 555 g/mol. The summed E-state index contributed by atoms with van der Waals surface area (Å²) in [5.41, 5.74) is 2.77. The number of thiocarbonyl (C=S) groups is 1. The summed E-state index contributed by atoms with van der Waals surface area (Å²) < 4.78 is 30.1. The molecule has 2 aromatic carbocycles. The van der Waals surface area contributed by atoms with Crippen molar-refractivity contribution in [3.8, 4) is 16.9 Å². The number of carbonyl (C=O) groups excluding carboxylic acids is 1. The Kier molecular flexibility index (Phi) is 8.33. The number of aromatic nitrogens is 2. The van der Waals surface area contributed by atoms with Crippen molar-refractivity contribution >= 4 is 50.3 Å². The number of sulfonamides is 1. The van der Waals surface area contributed by atoms with E-state index in [-0.39, 0.29) is 16.7 Å². The third-order valence-electron chi connectivity index (χ3n) is 5.92. The molecular weight excluding hydrogens is 525 g/mol. The van der Waals surface area contributed by atoms with E-state index in [0.717, 1.165) is 5.69 Å². The van der Waals surface area contributed by atoms with Crippen LogP contribution in [0.5, 0.6) is 0 Å². The maximum absolute atomic E-state index is 13.2. The number of rotatable bonds is 9. The molecule has 1 saturated heterocycles. The summed E-state index contributed by atoms with van der Waals surface area (Å²) in [4.78, 5) is 15.5. The van der Waals surface area contributed by atoms with Crippen LogP contribution in [0.1, 0.15) is 33.3 Å². The molecule has 0 atom stereocenters. The van der Waals surface area contributed by atoms with Crippen molar-refractivity contribution in [1.82, 2.24) is 19.0 Å². The van der Waals surface area contributed by atoms with Gasteiger partial charge in [-0.25, -0.2) is 13.1 Å². The summed E-state index contributed by atoms with van der Waals surface area (Å²) in [7, 11) is -3.65. The molecule has 0 radical (unpaired) electrons. The molecule has 3 aromatic rings. The second-order valence-electron chi connectivity index (χ2n) is 9.02. The molecule has 1 aromatic heterocycles. The minimum atomic E-state index is -3.65. The van der Waals surface area contributed by atoms with Crippen molar-refractivity contribution in [3.63, 3.8) is 0 Å². The fourth-order valence-electron chi connectivity index (χ4n) is 4.11. The summed E-state index contributed by atoms with van der Waals surface area (Å²) in [5.74, 6) is 0.161. The Labute approximate surface area is 228 Å². The minimum Gasteiger partial charge on any atom is -0.293 e. The van der Waals surface area contributed by atoms with Crippen LogP contribution in [0.25, 0.3) is 23.0 Å². The normalized spacial score (nSPS) is 15.5. The van der Waals surface area contributed by atoms with Gasteiger partial charge in [0.2, 0.25) is 10.0 Å². The Hall–Kier alpha value is -2.79. The zero-order valence-electron chi connectivity index (χ0n) is 21.3. The Morgan fingerprint density at radius 3 is 2.43 bits per heavy atom. The SMILES string of the molecule is CCN(CC)S(=O)(=O)c1cccc(-c2nn(-c3ccccc3)cc2C=C2SC(=S)N(CC(C)C)C2=O)c1. The highest BCUT2D eigenvalue weighted by Gasteiger charge is 2.33. The molecule has 7 nitrogen and oxygen atoms in total. The number of para-hydroxylation sites is 1. The Morgan fingerprint density at radius 2 is 1.78 bits per heavy atom. The van der Waals surface area contributed by atoms with Crippen molar-refractivity contribution in [2.24, 2.45) is 5.92 Å². The maximum Gasteiger partial charge on any atom is 0.266 e. The van der Waals surface area contributed by atoms with Crippen molar-refractivity contribution in [2.45, 2.75) is 32.6 Å². The van der Waals surface area contributed by atoms with Crippen LogP contribution in [0.3, 0.4) is 0 Å². The Balaban J connectivity index is 1.82. The largest absolute Gasteiger partial charge is 0.293 e. The summed E-state index contributed by atoms with van der Waals surface area (Å²) >= 11 is 6.75. The molecule has 1 amide bonds. The average Bonchev–Trinajstić information content (AvgIpc) is 3.41. The first-order valence-corrected chi connectivity index (χ1v) is 14.8. The van der Waals surface area contributed by atoms with Crippen molar-refractivity contribution in [2.75, 3.05) is 19.6 Å². The van der Waals surface area contributed by atoms with E-state index < -0.39 is 10.0 Å². The zero-order chi connectivity index (χ0) is 26.7. The van der Waals surface area contributed by atoms with Crippen LogP contribution >= 0.6 is 24.0 Å². The molecule has 194 valence electrons. The second-order valence-corrected chi connectivity index (χ2v) is 12.6. The van der Waals surface area contributed by atoms with Gasteiger partial charge in [0.05, 0.1) is 15.5 Å². The number of hydrogen-bond donors (Lipinski definition) is 0. The molecule has 1 fully saturated rings. The summed E-state index contributed by atoms with van der Waals surface area (Å²) in [6.45, 7) is 9.06. The second kappa shape index (κ2) is 11.3. The number of hydrogen-bond acceptors (Lipinski definition) is 6. The van der Waals surface area contributed by atoms with Gasteiger partial charge in [-0.2, -0.15) is 9.40 Å². The summed E-state index contributed by atoms with van der Waals surface area (Å²) in [6.07, 6.45) is 3.65. The number of carbonyl (C=O) groups is 1. The van der Waals surface area contributed by atoms with Crippen molar-refractivity contribution in [3.05, 3.63) is 71.3 Å². The lowest BCUT2D eigenvalue weighted by Gasteiger charge is -2.18. The molecule has 0 unspecified atom stereocenters. The fraction of sp³-hybridized carbons (Fsp3) is 0.296. The van der Waals surface area contributed by atoms with E-state index >= 15 is 0 Å². The van der Waals surface area contributed by atoms with Gasteiger partial charge in [0.25, 0.3) is 5.91 Å². The summed E-state index contributed by atoms with van der Waals surface area (Å²) in [6, 6.07) is 16.4. The quantitative estimate of drug-likeness (QED) is 0.260. The molecule has 10 heteroatoms. The van der Waals surface area contributed by atoms with Gasteiger partial charge in [0, 0.05) is 37.0 Å². The monoisotopic (exact) mass is 554 g/mol. The number of amides is 1. The predicted octanol–water partition coefficient (Wildman–Crippen LogP) is 5.43. The van der Waals surface area contributed by atoms with Crippen molar-refractivity contribution in [1.29, 1.82) is 0 Å². The molecule has 0 saturated carbocycles. The van der Waals surface area contributed by atoms with Crippen LogP contribution in [-0.4, -0.2) is 57.3 Å². The van der Waals surface area contributed by atoms with E-state index in [9.17, 15) is 13.2 Å². The molecule has 2 heterocycles. The molecule has 4 rings (SSSR count). The molecule has 37 heavy (non-hydrogen) atoms. The van der Waals surface area contributed by atoms with E-state index in [1.165, 1.54) is 16.1 Å². The number of benzene rings is 2. The standard InChI is InChI=1S/C27H30N4O3S3/c1-5-29(6-2)37(33,34)23-14-10-11-20(15-23)25-21(18-31(28-25)22-12-8-7-9-13-22)16-24-26(32)30(17-19(3)4)27(35)36-24/h7-16,18-19H,5-6,17H2,1-4H3. The van der Waals surface area contributed by atoms with Crippen LogP contribution in [0, 0.1) is 5.92 Å². The third kappa shape index (κ3) is 5.72. The van der Waals surface area contributed by atoms with Crippen LogP contribution in [0.4, 0.5) is 0 Å². The van der Waals surface area contributed by atoms with E-state index in [4.69, 9.17) is 17.3 Å². The lowest BCUT2D eigenvalue weighted by molar-refractivity contribution is -0.122. The molecule has 0 bridgehead atoms. The van der Waals surface area contributed by atoms with Gasteiger partial charge in [-0.15, -0.1) is 0 Å². The van der Waals surface area contributed by atoms with Crippen LogP contribution in [-0.2, 0) is 14.8 Å². The van der Waals surface area contributed by atoms with Crippen LogP contribution in [0.2, 0.25) is 0 Å². The number of thioether (sulfide) groups is 1. The molecule has 0 aliphatic carbocycles. The fourth-order valence-corrected chi connectivity index (χ4v) is 6.88. The predicted molar refractivity (Wildman–Crippen MR) is 154 cm³/mol. The van der Waals surface area contributed by atoms with Gasteiger partial charge in [-0.3, -0.25) is 9.69 Å². The highest BCUT2D eigenvalue weighted by molar-refractivity contribution is 8.26. The maximum atomic E-state index is 13.2. The first-order valence-electron chi connectivity index (χ1n) is 12.2. The van der Waals surface area contributed by atoms with Gasteiger partial charge in [-0.1, -0.05) is 82.0 Å². The van der Waals surface area contributed by atoms with E-state index in [1.54, 1.807) is 33.9 Å². The topological polar surface area (TPSA) is 75.5 Å². The van der Waals surface area contributed by atoms with Crippen LogP contribution in [0.15, 0.2) is 70.6 Å².